The molecule has 0 saturated carbocycles. The molecule has 2 amide bonds. The van der Waals surface area contributed by atoms with Crippen LogP contribution in [0.2, 0.25) is 0 Å². The Morgan fingerprint density at radius 3 is 2.76 bits per heavy atom. The summed E-state index contributed by atoms with van der Waals surface area (Å²) in [6.07, 6.45) is 0. The zero-order valence-electron chi connectivity index (χ0n) is 10.8. The smallest absolute Gasteiger partial charge is 0.258 e. The molecule has 0 aromatic heterocycles. The lowest BCUT2D eigenvalue weighted by atomic mass is 10.1. The molecule has 0 saturated heterocycles. The van der Waals surface area contributed by atoms with Crippen LogP contribution < -0.4 is 10.2 Å². The Bertz CT molecular complexity index is 748. The molecule has 0 radical (unpaired) electrons. The molecule has 2 aromatic rings. The number of halogens is 2. The number of rotatable bonds is 1. The van der Waals surface area contributed by atoms with Crippen molar-refractivity contribution in [2.24, 2.45) is 0 Å². The molecule has 1 heterocycles. The molecule has 1 N–H and O–H groups in total. The summed E-state index contributed by atoms with van der Waals surface area (Å²) in [4.78, 5) is 25.7. The van der Waals surface area contributed by atoms with E-state index in [4.69, 9.17) is 0 Å². The lowest BCUT2D eigenvalue weighted by Crippen LogP contribution is -2.42. The van der Waals surface area contributed by atoms with Crippen LogP contribution in [0.15, 0.2) is 46.9 Å². The van der Waals surface area contributed by atoms with Gasteiger partial charge in [0.25, 0.3) is 5.91 Å². The van der Waals surface area contributed by atoms with Gasteiger partial charge in [0.05, 0.1) is 15.8 Å². The Labute approximate surface area is 128 Å². The summed E-state index contributed by atoms with van der Waals surface area (Å²) in [6, 6.07) is 11.1. The lowest BCUT2D eigenvalue weighted by Gasteiger charge is -2.29. The van der Waals surface area contributed by atoms with Gasteiger partial charge < -0.3 is 5.32 Å². The standard InChI is InChI=1S/C15H10BrFN2O2/c16-10-7-9(5-6-11(10)17)15(21)19-8-14(20)18-12-3-1-2-4-13(12)19/h1-7H,8H2,(H,18,20). The minimum Gasteiger partial charge on any atom is -0.323 e. The highest BCUT2D eigenvalue weighted by Gasteiger charge is 2.27. The van der Waals surface area contributed by atoms with Crippen molar-refractivity contribution in [3.05, 3.63) is 58.3 Å². The minimum absolute atomic E-state index is 0.0646. The van der Waals surface area contributed by atoms with Crippen LogP contribution in [-0.4, -0.2) is 18.4 Å². The summed E-state index contributed by atoms with van der Waals surface area (Å²) < 4.78 is 13.5. The van der Waals surface area contributed by atoms with Gasteiger partial charge in [-0.15, -0.1) is 0 Å². The van der Waals surface area contributed by atoms with E-state index in [1.807, 2.05) is 0 Å². The molecular weight excluding hydrogens is 339 g/mol. The number of para-hydroxylation sites is 2. The van der Waals surface area contributed by atoms with Crippen LogP contribution in [0, 0.1) is 5.82 Å². The van der Waals surface area contributed by atoms with Gasteiger partial charge in [-0.05, 0) is 46.3 Å². The first-order valence-corrected chi connectivity index (χ1v) is 7.01. The second kappa shape index (κ2) is 5.29. The van der Waals surface area contributed by atoms with E-state index in [2.05, 4.69) is 21.2 Å². The molecule has 1 aliphatic rings. The maximum absolute atomic E-state index is 13.3. The number of nitrogens with one attached hydrogen (secondary N) is 1. The molecule has 0 aliphatic carbocycles. The zero-order chi connectivity index (χ0) is 15.0. The number of hydrogen-bond donors (Lipinski definition) is 1. The highest BCUT2D eigenvalue weighted by atomic mass is 79.9. The molecular formula is C15H10BrFN2O2. The van der Waals surface area contributed by atoms with Crippen molar-refractivity contribution in [1.29, 1.82) is 0 Å². The van der Waals surface area contributed by atoms with Gasteiger partial charge in [-0.2, -0.15) is 0 Å². The van der Waals surface area contributed by atoms with Crippen LogP contribution in [0.1, 0.15) is 10.4 Å². The van der Waals surface area contributed by atoms with Gasteiger partial charge in [-0.3, -0.25) is 14.5 Å². The molecule has 0 spiro atoms. The van der Waals surface area contributed by atoms with Gasteiger partial charge in [-0.25, -0.2) is 4.39 Å². The van der Waals surface area contributed by atoms with E-state index in [1.165, 1.54) is 23.1 Å². The first-order valence-electron chi connectivity index (χ1n) is 6.22. The molecule has 1 aliphatic heterocycles. The summed E-state index contributed by atoms with van der Waals surface area (Å²) in [5, 5.41) is 2.71. The summed E-state index contributed by atoms with van der Waals surface area (Å²) in [5.74, 6) is -1.05. The number of fused-ring (bicyclic) bond motifs is 1. The second-order valence-electron chi connectivity index (χ2n) is 4.59. The average Bonchev–Trinajstić information content (AvgIpc) is 2.48. The van der Waals surface area contributed by atoms with Gasteiger partial charge in [0.1, 0.15) is 12.4 Å². The van der Waals surface area contributed by atoms with Gasteiger partial charge >= 0.3 is 0 Å². The van der Waals surface area contributed by atoms with Crippen molar-refractivity contribution in [1.82, 2.24) is 0 Å². The van der Waals surface area contributed by atoms with Crippen molar-refractivity contribution < 1.29 is 14.0 Å². The van der Waals surface area contributed by atoms with Gasteiger partial charge in [-0.1, -0.05) is 12.1 Å². The lowest BCUT2D eigenvalue weighted by molar-refractivity contribution is -0.115. The average molecular weight is 349 g/mol. The number of nitrogens with zero attached hydrogens (tertiary/aromatic N) is 1. The quantitative estimate of drug-likeness (QED) is 0.860. The molecule has 0 unspecified atom stereocenters. The monoisotopic (exact) mass is 348 g/mol. The maximum Gasteiger partial charge on any atom is 0.258 e. The van der Waals surface area contributed by atoms with E-state index in [0.717, 1.165) is 0 Å². The topological polar surface area (TPSA) is 49.4 Å². The van der Waals surface area contributed by atoms with Crippen molar-refractivity contribution in [2.45, 2.75) is 0 Å². The Morgan fingerprint density at radius 1 is 1.24 bits per heavy atom. The van der Waals surface area contributed by atoms with Crippen molar-refractivity contribution in [2.75, 3.05) is 16.8 Å². The maximum atomic E-state index is 13.3. The summed E-state index contributed by atoms with van der Waals surface area (Å²) in [5.41, 5.74) is 1.53. The largest absolute Gasteiger partial charge is 0.323 e. The first-order chi connectivity index (χ1) is 10.1. The summed E-state index contributed by atoms with van der Waals surface area (Å²) in [7, 11) is 0. The molecule has 21 heavy (non-hydrogen) atoms. The molecule has 4 nitrogen and oxygen atoms in total. The number of anilines is 2. The first kappa shape index (κ1) is 13.8. The summed E-state index contributed by atoms with van der Waals surface area (Å²) >= 11 is 3.06. The number of carbonyl (C=O) groups excluding carboxylic acids is 2. The molecule has 0 fully saturated rings. The Kier molecular flexibility index (Phi) is 3.47. The predicted octanol–water partition coefficient (Wildman–Crippen LogP) is 3.19. The number of amides is 2. The third-order valence-corrected chi connectivity index (χ3v) is 3.79. The van der Waals surface area contributed by atoms with E-state index < -0.39 is 5.82 Å². The van der Waals surface area contributed by atoms with Crippen LogP contribution in [0.25, 0.3) is 0 Å². The SMILES string of the molecule is O=C1CN(C(=O)c2ccc(F)c(Br)c2)c2ccccc2N1. The van der Waals surface area contributed by atoms with Crippen molar-refractivity contribution >= 4 is 39.1 Å². The highest BCUT2D eigenvalue weighted by molar-refractivity contribution is 9.10. The van der Waals surface area contributed by atoms with Gasteiger partial charge in [0, 0.05) is 5.56 Å². The Hall–Kier alpha value is -2.21. The Morgan fingerprint density at radius 2 is 2.00 bits per heavy atom. The predicted molar refractivity (Wildman–Crippen MR) is 80.8 cm³/mol. The number of hydrogen-bond acceptors (Lipinski definition) is 2. The molecule has 0 atom stereocenters. The van der Waals surface area contributed by atoms with Crippen LogP contribution in [-0.2, 0) is 4.79 Å². The minimum atomic E-state index is -0.441. The molecule has 3 rings (SSSR count). The van der Waals surface area contributed by atoms with Crippen molar-refractivity contribution in [3.8, 4) is 0 Å². The van der Waals surface area contributed by atoms with Crippen LogP contribution in [0.5, 0.6) is 0 Å². The number of benzene rings is 2. The van der Waals surface area contributed by atoms with Crippen LogP contribution in [0.3, 0.4) is 0 Å². The Balaban J connectivity index is 2.01. The fraction of sp³-hybridized carbons (Fsp3) is 0.0667. The van der Waals surface area contributed by atoms with E-state index in [0.29, 0.717) is 16.9 Å². The fourth-order valence-electron chi connectivity index (χ4n) is 2.20. The van der Waals surface area contributed by atoms with Gasteiger partial charge in [0.15, 0.2) is 0 Å². The fourth-order valence-corrected chi connectivity index (χ4v) is 2.58. The normalized spacial score (nSPS) is 13.6. The van der Waals surface area contributed by atoms with E-state index in [-0.39, 0.29) is 22.8 Å². The van der Waals surface area contributed by atoms with E-state index >= 15 is 0 Å². The third-order valence-electron chi connectivity index (χ3n) is 3.18. The second-order valence-corrected chi connectivity index (χ2v) is 5.44. The summed E-state index contributed by atoms with van der Waals surface area (Å²) in [6.45, 7) is -0.0646. The molecule has 0 bridgehead atoms. The van der Waals surface area contributed by atoms with Gasteiger partial charge in [0.2, 0.25) is 5.91 Å². The zero-order valence-corrected chi connectivity index (χ0v) is 12.4. The van der Waals surface area contributed by atoms with E-state index in [9.17, 15) is 14.0 Å². The molecule has 2 aromatic carbocycles. The number of carbonyl (C=O) groups is 2. The molecule has 106 valence electrons. The van der Waals surface area contributed by atoms with E-state index in [1.54, 1.807) is 24.3 Å². The highest BCUT2D eigenvalue weighted by Crippen LogP contribution is 2.30. The molecule has 6 heteroatoms. The van der Waals surface area contributed by atoms with Crippen LogP contribution in [0.4, 0.5) is 15.8 Å². The van der Waals surface area contributed by atoms with Crippen molar-refractivity contribution in [3.63, 3.8) is 0 Å². The van der Waals surface area contributed by atoms with Crippen LogP contribution >= 0.6 is 15.9 Å². The third kappa shape index (κ3) is 2.54.